The van der Waals surface area contributed by atoms with E-state index in [-0.39, 0.29) is 17.4 Å². The van der Waals surface area contributed by atoms with Gasteiger partial charge < -0.3 is 13.9 Å². The summed E-state index contributed by atoms with van der Waals surface area (Å²) in [6.07, 6.45) is 1.05. The summed E-state index contributed by atoms with van der Waals surface area (Å²) in [5.41, 5.74) is 2.12. The van der Waals surface area contributed by atoms with Gasteiger partial charge in [-0.15, -0.1) is 0 Å². The lowest BCUT2D eigenvalue weighted by Gasteiger charge is -2.42. The highest BCUT2D eigenvalue weighted by atomic mass is 16.4. The Morgan fingerprint density at radius 3 is 2.78 bits per heavy atom. The number of pyridine rings is 1. The van der Waals surface area contributed by atoms with Gasteiger partial charge in [-0.25, -0.2) is 0 Å². The van der Waals surface area contributed by atoms with Crippen LogP contribution in [0.25, 0.3) is 0 Å². The number of rotatable bonds is 1. The van der Waals surface area contributed by atoms with Gasteiger partial charge >= 0.3 is 0 Å². The van der Waals surface area contributed by atoms with Crippen molar-refractivity contribution in [2.45, 2.75) is 32.7 Å². The fraction of sp³-hybridized carbons (Fsp3) is 0.444. The number of piperidine rings is 1. The standard InChI is InChI=1S/C18H20N2O3/c1-11-6-16(23-12(11)2)18(22)19-8-13-7-14(10-19)15-4-3-5-17(21)20(15)9-13/h3-6,13-14H,7-10H2,1-2H3/t13-,14+/m1/s1. The van der Waals surface area contributed by atoms with Crippen LogP contribution in [0.1, 0.15) is 39.9 Å². The van der Waals surface area contributed by atoms with Crippen LogP contribution in [0.3, 0.4) is 0 Å². The molecular formula is C18H20N2O3. The van der Waals surface area contributed by atoms with E-state index in [9.17, 15) is 9.59 Å². The minimum absolute atomic E-state index is 0.0392. The van der Waals surface area contributed by atoms with Crippen LogP contribution in [0.4, 0.5) is 0 Å². The normalized spacial score (nSPS) is 22.8. The number of aromatic nitrogens is 1. The van der Waals surface area contributed by atoms with Crippen LogP contribution in [-0.4, -0.2) is 28.5 Å². The third kappa shape index (κ3) is 2.31. The van der Waals surface area contributed by atoms with E-state index in [4.69, 9.17) is 4.42 Å². The van der Waals surface area contributed by atoms with Crippen molar-refractivity contribution >= 4 is 5.91 Å². The van der Waals surface area contributed by atoms with Crippen molar-refractivity contribution in [3.8, 4) is 0 Å². The quantitative estimate of drug-likeness (QED) is 0.812. The van der Waals surface area contributed by atoms with Gasteiger partial charge in [0.25, 0.3) is 11.5 Å². The maximum Gasteiger partial charge on any atom is 0.289 e. The largest absolute Gasteiger partial charge is 0.456 e. The maximum absolute atomic E-state index is 12.7. The number of aryl methyl sites for hydroxylation is 2. The van der Waals surface area contributed by atoms with E-state index in [1.54, 1.807) is 6.07 Å². The molecule has 2 atom stereocenters. The highest BCUT2D eigenvalue weighted by molar-refractivity contribution is 5.92. The molecule has 0 spiro atoms. The fourth-order valence-corrected chi connectivity index (χ4v) is 3.90. The first kappa shape index (κ1) is 14.3. The molecule has 1 fully saturated rings. The molecule has 120 valence electrons. The molecule has 0 aliphatic carbocycles. The number of nitrogens with zero attached hydrogens (tertiary/aromatic N) is 2. The molecule has 4 heterocycles. The fourth-order valence-electron chi connectivity index (χ4n) is 3.90. The summed E-state index contributed by atoms with van der Waals surface area (Å²) in [5, 5.41) is 0. The Balaban J connectivity index is 1.63. The summed E-state index contributed by atoms with van der Waals surface area (Å²) in [6, 6.07) is 7.26. The zero-order chi connectivity index (χ0) is 16.1. The lowest BCUT2D eigenvalue weighted by molar-refractivity contribution is 0.0562. The van der Waals surface area contributed by atoms with Gasteiger partial charge in [0, 0.05) is 37.3 Å². The Morgan fingerprint density at radius 2 is 2.04 bits per heavy atom. The average Bonchev–Trinajstić information content (AvgIpc) is 2.87. The van der Waals surface area contributed by atoms with E-state index in [2.05, 4.69) is 0 Å². The van der Waals surface area contributed by atoms with Gasteiger partial charge in [0.2, 0.25) is 0 Å². The SMILES string of the molecule is Cc1cc(C(=O)N2C[C@H]3C[C@@H](C2)c2cccc(=O)n2C3)oc1C. The van der Waals surface area contributed by atoms with Crippen molar-refractivity contribution < 1.29 is 9.21 Å². The van der Waals surface area contributed by atoms with E-state index in [1.165, 1.54) is 0 Å². The number of furan rings is 1. The number of amides is 1. The molecule has 5 nitrogen and oxygen atoms in total. The smallest absolute Gasteiger partial charge is 0.289 e. The zero-order valence-electron chi connectivity index (χ0n) is 13.4. The maximum atomic E-state index is 12.7. The third-order valence-electron chi connectivity index (χ3n) is 5.14. The summed E-state index contributed by atoms with van der Waals surface area (Å²) in [5.74, 6) is 1.75. The molecule has 0 unspecified atom stereocenters. The molecule has 5 heteroatoms. The minimum Gasteiger partial charge on any atom is -0.456 e. The first-order valence-electron chi connectivity index (χ1n) is 8.09. The van der Waals surface area contributed by atoms with Crippen LogP contribution in [-0.2, 0) is 6.54 Å². The second kappa shape index (κ2) is 5.11. The van der Waals surface area contributed by atoms with Crippen LogP contribution in [0.2, 0.25) is 0 Å². The van der Waals surface area contributed by atoms with Gasteiger partial charge in [-0.05, 0) is 43.9 Å². The van der Waals surface area contributed by atoms with E-state index in [1.807, 2.05) is 41.5 Å². The van der Waals surface area contributed by atoms with Crippen LogP contribution < -0.4 is 5.56 Å². The van der Waals surface area contributed by atoms with Crippen molar-refractivity contribution in [3.05, 3.63) is 57.4 Å². The topological polar surface area (TPSA) is 55.5 Å². The van der Waals surface area contributed by atoms with Crippen molar-refractivity contribution in [1.29, 1.82) is 0 Å². The second-order valence-electron chi connectivity index (χ2n) is 6.76. The second-order valence-corrected chi connectivity index (χ2v) is 6.76. The summed E-state index contributed by atoms with van der Waals surface area (Å²) in [4.78, 5) is 26.7. The molecule has 0 saturated carbocycles. The summed E-state index contributed by atoms with van der Waals surface area (Å²) < 4.78 is 7.47. The zero-order valence-corrected chi connectivity index (χ0v) is 13.4. The average molecular weight is 312 g/mol. The molecule has 23 heavy (non-hydrogen) atoms. The first-order chi connectivity index (χ1) is 11.0. The van der Waals surface area contributed by atoms with Crippen molar-refractivity contribution in [2.75, 3.05) is 13.1 Å². The van der Waals surface area contributed by atoms with Crippen LogP contribution in [0.15, 0.2) is 33.5 Å². The van der Waals surface area contributed by atoms with Gasteiger partial charge in [0.1, 0.15) is 5.76 Å². The van der Waals surface area contributed by atoms with Gasteiger partial charge in [-0.3, -0.25) is 9.59 Å². The Bertz CT molecular complexity index is 814. The number of carbonyl (C=O) groups is 1. The molecule has 2 bridgehead atoms. The van der Waals surface area contributed by atoms with Gasteiger partial charge in [-0.1, -0.05) is 6.07 Å². The number of fused-ring (bicyclic) bond motifs is 4. The van der Waals surface area contributed by atoms with Crippen molar-refractivity contribution in [3.63, 3.8) is 0 Å². The van der Waals surface area contributed by atoms with Crippen LogP contribution >= 0.6 is 0 Å². The van der Waals surface area contributed by atoms with Crippen LogP contribution in [0.5, 0.6) is 0 Å². The number of carbonyl (C=O) groups excluding carboxylic acids is 1. The summed E-state index contributed by atoms with van der Waals surface area (Å²) in [6.45, 7) is 5.86. The molecule has 0 aromatic carbocycles. The van der Waals surface area contributed by atoms with Gasteiger partial charge in [-0.2, -0.15) is 0 Å². The molecule has 2 aromatic rings. The van der Waals surface area contributed by atoms with Crippen molar-refractivity contribution in [1.82, 2.24) is 9.47 Å². The number of likely N-dealkylation sites (tertiary alicyclic amines) is 1. The van der Waals surface area contributed by atoms with Gasteiger partial charge in [0.15, 0.2) is 5.76 Å². The predicted octanol–water partition coefficient (Wildman–Crippen LogP) is 2.32. The predicted molar refractivity (Wildman–Crippen MR) is 85.6 cm³/mol. The molecule has 2 aliphatic rings. The molecule has 2 aromatic heterocycles. The molecule has 1 saturated heterocycles. The highest BCUT2D eigenvalue weighted by Gasteiger charge is 2.37. The first-order valence-corrected chi connectivity index (χ1v) is 8.09. The third-order valence-corrected chi connectivity index (χ3v) is 5.14. The minimum atomic E-state index is -0.0392. The van der Waals surface area contributed by atoms with Crippen LogP contribution in [0, 0.1) is 19.8 Å². The Labute approximate surface area is 134 Å². The summed E-state index contributed by atoms with van der Waals surface area (Å²) in [7, 11) is 0. The molecule has 0 radical (unpaired) electrons. The van der Waals surface area contributed by atoms with E-state index in [0.29, 0.717) is 31.3 Å². The Morgan fingerprint density at radius 1 is 1.22 bits per heavy atom. The molecule has 4 rings (SSSR count). The highest BCUT2D eigenvalue weighted by Crippen LogP contribution is 2.35. The summed E-state index contributed by atoms with van der Waals surface area (Å²) >= 11 is 0. The molecule has 1 amide bonds. The molecule has 2 aliphatic heterocycles. The molecular weight excluding hydrogens is 292 g/mol. The van der Waals surface area contributed by atoms with Gasteiger partial charge in [0.05, 0.1) is 0 Å². The van der Waals surface area contributed by atoms with E-state index >= 15 is 0 Å². The molecule has 0 N–H and O–H groups in total. The Kier molecular flexibility index (Phi) is 3.18. The number of hydrogen-bond donors (Lipinski definition) is 0. The van der Waals surface area contributed by atoms with E-state index in [0.717, 1.165) is 23.4 Å². The van der Waals surface area contributed by atoms with Crippen molar-refractivity contribution in [2.24, 2.45) is 5.92 Å². The Hall–Kier alpha value is -2.30. The lowest BCUT2D eigenvalue weighted by atomic mass is 9.83. The number of hydrogen-bond acceptors (Lipinski definition) is 3. The monoisotopic (exact) mass is 312 g/mol. The lowest BCUT2D eigenvalue weighted by Crippen LogP contribution is -2.49. The van der Waals surface area contributed by atoms with E-state index < -0.39 is 0 Å².